The van der Waals surface area contributed by atoms with E-state index in [9.17, 15) is 4.79 Å². The van der Waals surface area contributed by atoms with Gasteiger partial charge in [-0.15, -0.1) is 5.10 Å². The fourth-order valence-electron chi connectivity index (χ4n) is 2.57. The van der Waals surface area contributed by atoms with Crippen LogP contribution in [-0.4, -0.2) is 36.0 Å². The molecule has 0 amide bonds. The van der Waals surface area contributed by atoms with E-state index in [1.54, 1.807) is 4.68 Å². The predicted molar refractivity (Wildman–Crippen MR) is 88.1 cm³/mol. The Bertz CT molecular complexity index is 689. The Balaban J connectivity index is 1.97. The number of hydrogen-bond donors (Lipinski definition) is 0. The molecular weight excluding hydrogens is 308 g/mol. The van der Waals surface area contributed by atoms with Crippen molar-refractivity contribution in [3.8, 4) is 0 Å². The van der Waals surface area contributed by atoms with Gasteiger partial charge in [0.05, 0.1) is 12.1 Å². The van der Waals surface area contributed by atoms with E-state index >= 15 is 0 Å². The summed E-state index contributed by atoms with van der Waals surface area (Å²) < 4.78 is 8.96. The highest BCUT2D eigenvalue weighted by molar-refractivity contribution is 5.73. The molecule has 2 aromatic heterocycles. The zero-order valence-corrected chi connectivity index (χ0v) is 15.1. The SMILES string of the molecule is CCCn1nnnc1COC(=O)Cc1c(C)nn(CC(C)C)c1C. The van der Waals surface area contributed by atoms with Crippen LogP contribution >= 0.6 is 0 Å². The third-order valence-corrected chi connectivity index (χ3v) is 3.79. The number of carbonyl (C=O) groups is 1. The summed E-state index contributed by atoms with van der Waals surface area (Å²) in [5.41, 5.74) is 2.84. The summed E-state index contributed by atoms with van der Waals surface area (Å²) in [6.45, 7) is 11.9. The van der Waals surface area contributed by atoms with Crippen molar-refractivity contribution in [1.82, 2.24) is 30.0 Å². The standard InChI is InChI=1S/C16H26N6O2/c1-6-7-21-15(17-19-20-21)10-24-16(23)8-14-12(4)18-22(13(14)5)9-11(2)3/h11H,6-10H2,1-5H3. The van der Waals surface area contributed by atoms with Crippen molar-refractivity contribution in [2.24, 2.45) is 5.92 Å². The highest BCUT2D eigenvalue weighted by Gasteiger charge is 2.17. The first-order valence-corrected chi connectivity index (χ1v) is 8.35. The zero-order chi connectivity index (χ0) is 17.7. The van der Waals surface area contributed by atoms with Crippen LogP contribution in [0.15, 0.2) is 0 Å². The van der Waals surface area contributed by atoms with E-state index in [2.05, 4.69) is 34.5 Å². The summed E-state index contributed by atoms with van der Waals surface area (Å²) in [5.74, 6) is 0.769. The Kier molecular flexibility index (Phi) is 6.05. The van der Waals surface area contributed by atoms with Crippen LogP contribution in [0, 0.1) is 19.8 Å². The largest absolute Gasteiger partial charge is 0.457 e. The van der Waals surface area contributed by atoms with Gasteiger partial charge in [-0.1, -0.05) is 20.8 Å². The fraction of sp³-hybridized carbons (Fsp3) is 0.688. The summed E-state index contributed by atoms with van der Waals surface area (Å²) in [4.78, 5) is 12.2. The number of ether oxygens (including phenoxy) is 1. The minimum Gasteiger partial charge on any atom is -0.457 e. The molecule has 0 bridgehead atoms. The lowest BCUT2D eigenvalue weighted by atomic mass is 10.1. The second kappa shape index (κ2) is 8.03. The van der Waals surface area contributed by atoms with Gasteiger partial charge in [0.1, 0.15) is 0 Å². The van der Waals surface area contributed by atoms with Gasteiger partial charge in [0.25, 0.3) is 0 Å². The lowest BCUT2D eigenvalue weighted by Gasteiger charge is -2.08. The number of aryl methyl sites for hydroxylation is 2. The first-order chi connectivity index (χ1) is 11.4. The van der Waals surface area contributed by atoms with E-state index in [1.165, 1.54) is 0 Å². The van der Waals surface area contributed by atoms with Crippen LogP contribution in [0.4, 0.5) is 0 Å². The number of carbonyl (C=O) groups excluding carboxylic acids is 1. The molecule has 24 heavy (non-hydrogen) atoms. The van der Waals surface area contributed by atoms with Gasteiger partial charge in [0, 0.05) is 24.3 Å². The Morgan fingerprint density at radius 2 is 2.00 bits per heavy atom. The molecule has 0 aliphatic carbocycles. The van der Waals surface area contributed by atoms with Crippen LogP contribution in [0.3, 0.4) is 0 Å². The quantitative estimate of drug-likeness (QED) is 0.685. The average Bonchev–Trinajstić information content (AvgIpc) is 3.05. The van der Waals surface area contributed by atoms with E-state index < -0.39 is 0 Å². The van der Waals surface area contributed by atoms with E-state index in [0.29, 0.717) is 18.3 Å². The molecule has 0 radical (unpaired) electrons. The molecule has 0 N–H and O–H groups in total. The van der Waals surface area contributed by atoms with Crippen molar-refractivity contribution in [2.75, 3.05) is 0 Å². The number of hydrogen-bond acceptors (Lipinski definition) is 6. The molecule has 0 fully saturated rings. The van der Waals surface area contributed by atoms with E-state index in [-0.39, 0.29) is 19.0 Å². The lowest BCUT2D eigenvalue weighted by molar-refractivity contribution is -0.144. The van der Waals surface area contributed by atoms with Gasteiger partial charge in [-0.25, -0.2) is 4.68 Å². The third-order valence-electron chi connectivity index (χ3n) is 3.79. The van der Waals surface area contributed by atoms with Gasteiger partial charge in [0.2, 0.25) is 0 Å². The van der Waals surface area contributed by atoms with Crippen molar-refractivity contribution in [3.05, 3.63) is 22.8 Å². The van der Waals surface area contributed by atoms with Gasteiger partial charge in [0.15, 0.2) is 12.4 Å². The summed E-state index contributed by atoms with van der Waals surface area (Å²) in [6, 6.07) is 0. The molecule has 0 aromatic carbocycles. The maximum Gasteiger partial charge on any atom is 0.310 e. The summed E-state index contributed by atoms with van der Waals surface area (Å²) >= 11 is 0. The molecule has 8 nitrogen and oxygen atoms in total. The van der Waals surface area contributed by atoms with Gasteiger partial charge in [-0.3, -0.25) is 9.48 Å². The van der Waals surface area contributed by atoms with E-state index in [1.807, 2.05) is 25.5 Å². The molecule has 0 spiro atoms. The number of rotatable bonds is 8. The van der Waals surface area contributed by atoms with Gasteiger partial charge in [-0.05, 0) is 36.6 Å². The first-order valence-electron chi connectivity index (χ1n) is 8.35. The van der Waals surface area contributed by atoms with Crippen molar-refractivity contribution in [2.45, 2.75) is 67.2 Å². The highest BCUT2D eigenvalue weighted by atomic mass is 16.5. The number of tetrazole rings is 1. The molecule has 2 heterocycles. The molecule has 0 aliphatic heterocycles. The normalized spacial score (nSPS) is 11.2. The Morgan fingerprint density at radius 1 is 1.25 bits per heavy atom. The Hall–Kier alpha value is -2.25. The number of aromatic nitrogens is 6. The van der Waals surface area contributed by atoms with Crippen molar-refractivity contribution < 1.29 is 9.53 Å². The van der Waals surface area contributed by atoms with Crippen molar-refractivity contribution in [1.29, 1.82) is 0 Å². The van der Waals surface area contributed by atoms with Gasteiger partial charge < -0.3 is 4.74 Å². The zero-order valence-electron chi connectivity index (χ0n) is 15.1. The van der Waals surface area contributed by atoms with E-state index in [0.717, 1.165) is 29.9 Å². The monoisotopic (exact) mass is 334 g/mol. The van der Waals surface area contributed by atoms with Crippen LogP contribution in [-0.2, 0) is 35.6 Å². The van der Waals surface area contributed by atoms with Crippen molar-refractivity contribution >= 4 is 5.97 Å². The lowest BCUT2D eigenvalue weighted by Crippen LogP contribution is -2.13. The minimum absolute atomic E-state index is 0.0874. The molecular formula is C16H26N6O2. The van der Waals surface area contributed by atoms with Crippen molar-refractivity contribution in [3.63, 3.8) is 0 Å². The first kappa shape index (κ1) is 18.1. The molecule has 8 heteroatoms. The van der Waals surface area contributed by atoms with Crippen LogP contribution in [0.2, 0.25) is 0 Å². The molecule has 0 atom stereocenters. The second-order valence-electron chi connectivity index (χ2n) is 6.38. The third kappa shape index (κ3) is 4.39. The molecule has 2 aromatic rings. The molecule has 2 rings (SSSR count). The second-order valence-corrected chi connectivity index (χ2v) is 6.38. The number of nitrogens with zero attached hydrogens (tertiary/aromatic N) is 6. The smallest absolute Gasteiger partial charge is 0.310 e. The molecule has 0 unspecified atom stereocenters. The van der Waals surface area contributed by atoms with E-state index in [4.69, 9.17) is 4.74 Å². The molecule has 0 aliphatic rings. The highest BCUT2D eigenvalue weighted by Crippen LogP contribution is 2.16. The molecule has 0 saturated heterocycles. The molecule has 0 saturated carbocycles. The minimum atomic E-state index is -0.295. The summed E-state index contributed by atoms with van der Waals surface area (Å²) in [6.07, 6.45) is 1.13. The predicted octanol–water partition coefficient (Wildman–Crippen LogP) is 1.84. The van der Waals surface area contributed by atoms with Crippen LogP contribution in [0.5, 0.6) is 0 Å². The fourth-order valence-corrected chi connectivity index (χ4v) is 2.57. The Labute approximate surface area is 142 Å². The number of esters is 1. The maximum absolute atomic E-state index is 12.2. The summed E-state index contributed by atoms with van der Waals surface area (Å²) in [5, 5.41) is 15.9. The Morgan fingerprint density at radius 3 is 2.67 bits per heavy atom. The molecule has 132 valence electrons. The average molecular weight is 334 g/mol. The summed E-state index contributed by atoms with van der Waals surface area (Å²) in [7, 11) is 0. The van der Waals surface area contributed by atoms with Gasteiger partial charge >= 0.3 is 5.97 Å². The van der Waals surface area contributed by atoms with Crippen LogP contribution in [0.1, 0.15) is 50.0 Å². The van der Waals surface area contributed by atoms with Crippen LogP contribution in [0.25, 0.3) is 0 Å². The van der Waals surface area contributed by atoms with Gasteiger partial charge in [-0.2, -0.15) is 5.10 Å². The topological polar surface area (TPSA) is 87.7 Å². The van der Waals surface area contributed by atoms with Crippen LogP contribution < -0.4 is 0 Å². The maximum atomic E-state index is 12.2.